The Morgan fingerprint density at radius 1 is 1.14 bits per heavy atom. The lowest BCUT2D eigenvalue weighted by atomic mass is 10.1. The Hall–Kier alpha value is -2.65. The third-order valence-electron chi connectivity index (χ3n) is 3.20. The van der Waals surface area contributed by atoms with Gasteiger partial charge in [-0.1, -0.05) is 0 Å². The SMILES string of the molecule is N#Cc1cc(O)cc2cc(Br)c(-c3ccc(O)c(F)c3)nc12. The molecule has 0 aliphatic rings. The number of fused-ring (bicyclic) bond motifs is 1. The summed E-state index contributed by atoms with van der Waals surface area (Å²) in [6, 6.07) is 10.4. The van der Waals surface area contributed by atoms with Crippen molar-refractivity contribution in [1.82, 2.24) is 4.98 Å². The van der Waals surface area contributed by atoms with Crippen LogP contribution >= 0.6 is 15.9 Å². The van der Waals surface area contributed by atoms with Gasteiger partial charge in [0, 0.05) is 15.4 Å². The number of nitriles is 1. The zero-order chi connectivity index (χ0) is 15.9. The fourth-order valence-electron chi connectivity index (χ4n) is 2.19. The molecule has 0 spiro atoms. The fourth-order valence-corrected chi connectivity index (χ4v) is 2.75. The van der Waals surface area contributed by atoms with Gasteiger partial charge < -0.3 is 10.2 Å². The maximum atomic E-state index is 13.5. The molecule has 0 amide bonds. The number of rotatable bonds is 1. The number of benzene rings is 2. The van der Waals surface area contributed by atoms with Gasteiger partial charge in [-0.3, -0.25) is 0 Å². The lowest BCUT2D eigenvalue weighted by Crippen LogP contribution is -1.91. The quantitative estimate of drug-likeness (QED) is 0.686. The summed E-state index contributed by atoms with van der Waals surface area (Å²) in [6.07, 6.45) is 0. The van der Waals surface area contributed by atoms with Gasteiger partial charge in [-0.15, -0.1) is 0 Å². The first-order valence-corrected chi connectivity index (χ1v) is 7.01. The van der Waals surface area contributed by atoms with Gasteiger partial charge in [0.15, 0.2) is 11.6 Å². The third kappa shape index (κ3) is 2.36. The summed E-state index contributed by atoms with van der Waals surface area (Å²) in [5.41, 5.74) is 1.53. The minimum atomic E-state index is -0.752. The molecule has 0 aliphatic carbocycles. The van der Waals surface area contributed by atoms with E-state index >= 15 is 0 Å². The summed E-state index contributed by atoms with van der Waals surface area (Å²) in [6.45, 7) is 0. The van der Waals surface area contributed by atoms with Gasteiger partial charge in [0.2, 0.25) is 0 Å². The van der Waals surface area contributed by atoms with Crippen LogP contribution in [0, 0.1) is 17.1 Å². The predicted molar refractivity (Wildman–Crippen MR) is 82.9 cm³/mol. The molecule has 3 rings (SSSR count). The van der Waals surface area contributed by atoms with Crippen LogP contribution in [0.2, 0.25) is 0 Å². The highest BCUT2D eigenvalue weighted by Crippen LogP contribution is 2.33. The van der Waals surface area contributed by atoms with E-state index in [4.69, 9.17) is 5.26 Å². The first-order chi connectivity index (χ1) is 10.5. The molecular formula is C16H8BrFN2O2. The van der Waals surface area contributed by atoms with Crippen LogP contribution in [-0.2, 0) is 0 Å². The van der Waals surface area contributed by atoms with Crippen molar-refractivity contribution in [2.45, 2.75) is 0 Å². The predicted octanol–water partition coefficient (Wildman–Crippen LogP) is 4.09. The Kier molecular flexibility index (Phi) is 3.43. The third-order valence-corrected chi connectivity index (χ3v) is 3.80. The normalized spacial score (nSPS) is 10.6. The second kappa shape index (κ2) is 5.28. The monoisotopic (exact) mass is 358 g/mol. The molecule has 6 heteroatoms. The largest absolute Gasteiger partial charge is 0.508 e. The van der Waals surface area contributed by atoms with Crippen LogP contribution in [0.5, 0.6) is 11.5 Å². The van der Waals surface area contributed by atoms with E-state index in [-0.39, 0.29) is 11.3 Å². The van der Waals surface area contributed by atoms with Crippen LogP contribution in [0.25, 0.3) is 22.2 Å². The summed E-state index contributed by atoms with van der Waals surface area (Å²) in [7, 11) is 0. The number of phenols is 2. The Morgan fingerprint density at radius 3 is 2.59 bits per heavy atom. The molecular weight excluding hydrogens is 351 g/mol. The molecule has 0 radical (unpaired) electrons. The zero-order valence-electron chi connectivity index (χ0n) is 11.0. The van der Waals surface area contributed by atoms with Gasteiger partial charge in [0.05, 0.1) is 16.8 Å². The maximum absolute atomic E-state index is 13.5. The molecule has 0 saturated carbocycles. The van der Waals surface area contributed by atoms with Crippen molar-refractivity contribution in [1.29, 1.82) is 5.26 Å². The number of aromatic hydroxyl groups is 2. The van der Waals surface area contributed by atoms with Crippen LogP contribution in [0.3, 0.4) is 0 Å². The van der Waals surface area contributed by atoms with E-state index in [1.807, 2.05) is 6.07 Å². The lowest BCUT2D eigenvalue weighted by molar-refractivity contribution is 0.432. The highest BCUT2D eigenvalue weighted by Gasteiger charge is 2.13. The van der Waals surface area contributed by atoms with E-state index in [2.05, 4.69) is 20.9 Å². The van der Waals surface area contributed by atoms with Crippen LogP contribution in [0.1, 0.15) is 5.56 Å². The van der Waals surface area contributed by atoms with E-state index in [1.165, 1.54) is 30.3 Å². The molecule has 4 nitrogen and oxygen atoms in total. The Labute approximate surface area is 133 Å². The first-order valence-electron chi connectivity index (χ1n) is 6.22. The summed E-state index contributed by atoms with van der Waals surface area (Å²) in [5, 5.41) is 28.6. The summed E-state index contributed by atoms with van der Waals surface area (Å²) < 4.78 is 14.1. The number of phenolic OH excluding ortho intramolecular Hbond substituents is 2. The molecule has 0 fully saturated rings. The van der Waals surface area contributed by atoms with Crippen molar-refractivity contribution in [2.24, 2.45) is 0 Å². The molecule has 2 aromatic carbocycles. The Balaban J connectivity index is 2.31. The Morgan fingerprint density at radius 2 is 1.91 bits per heavy atom. The van der Waals surface area contributed by atoms with Crippen LogP contribution in [-0.4, -0.2) is 15.2 Å². The number of hydrogen-bond donors (Lipinski definition) is 2. The molecule has 108 valence electrons. The number of pyridine rings is 1. The van der Waals surface area contributed by atoms with Gasteiger partial charge in [0.25, 0.3) is 0 Å². The van der Waals surface area contributed by atoms with Gasteiger partial charge >= 0.3 is 0 Å². The number of aromatic nitrogens is 1. The van der Waals surface area contributed by atoms with Crippen molar-refractivity contribution in [3.05, 3.63) is 52.3 Å². The molecule has 0 unspecified atom stereocenters. The van der Waals surface area contributed by atoms with E-state index in [0.29, 0.717) is 26.6 Å². The minimum absolute atomic E-state index is 0.0267. The van der Waals surface area contributed by atoms with E-state index in [9.17, 15) is 14.6 Å². The van der Waals surface area contributed by atoms with E-state index in [0.717, 1.165) is 0 Å². The summed E-state index contributed by atoms with van der Waals surface area (Å²) in [5.74, 6) is -1.22. The van der Waals surface area contributed by atoms with Crippen molar-refractivity contribution < 1.29 is 14.6 Å². The van der Waals surface area contributed by atoms with Crippen LogP contribution in [0.4, 0.5) is 4.39 Å². The molecule has 0 bridgehead atoms. The summed E-state index contributed by atoms with van der Waals surface area (Å²) >= 11 is 3.36. The van der Waals surface area contributed by atoms with E-state index in [1.54, 1.807) is 6.07 Å². The topological polar surface area (TPSA) is 77.1 Å². The number of halogens is 2. The van der Waals surface area contributed by atoms with Gasteiger partial charge in [-0.05, 0) is 52.3 Å². The molecule has 3 aromatic rings. The van der Waals surface area contributed by atoms with Gasteiger partial charge in [0.1, 0.15) is 11.8 Å². The highest BCUT2D eigenvalue weighted by atomic mass is 79.9. The molecule has 0 atom stereocenters. The summed E-state index contributed by atoms with van der Waals surface area (Å²) in [4.78, 5) is 4.40. The second-order valence-electron chi connectivity index (χ2n) is 4.66. The number of hydrogen-bond acceptors (Lipinski definition) is 4. The molecule has 2 N–H and O–H groups in total. The van der Waals surface area contributed by atoms with Crippen LogP contribution in [0.15, 0.2) is 40.9 Å². The molecule has 0 aliphatic heterocycles. The number of nitrogens with zero attached hydrogens (tertiary/aromatic N) is 2. The van der Waals surface area contributed by atoms with Gasteiger partial charge in [-0.2, -0.15) is 5.26 Å². The first kappa shape index (κ1) is 14.3. The van der Waals surface area contributed by atoms with Crippen molar-refractivity contribution in [3.63, 3.8) is 0 Å². The molecule has 0 saturated heterocycles. The minimum Gasteiger partial charge on any atom is -0.508 e. The molecule has 22 heavy (non-hydrogen) atoms. The second-order valence-corrected chi connectivity index (χ2v) is 5.52. The molecule has 1 aromatic heterocycles. The smallest absolute Gasteiger partial charge is 0.165 e. The van der Waals surface area contributed by atoms with Crippen molar-refractivity contribution >= 4 is 26.8 Å². The van der Waals surface area contributed by atoms with Crippen LogP contribution < -0.4 is 0 Å². The average molecular weight is 359 g/mol. The fraction of sp³-hybridized carbons (Fsp3) is 0. The average Bonchev–Trinajstić information content (AvgIpc) is 2.48. The van der Waals surface area contributed by atoms with Crippen molar-refractivity contribution in [3.8, 4) is 28.8 Å². The molecule has 1 heterocycles. The van der Waals surface area contributed by atoms with E-state index < -0.39 is 11.6 Å². The standard InChI is InChI=1S/C16H8BrFN2O2/c17-12-5-9-3-11(21)4-10(7-19)15(9)20-16(12)8-1-2-14(22)13(18)6-8/h1-6,21-22H. The lowest BCUT2D eigenvalue weighted by Gasteiger charge is -2.08. The maximum Gasteiger partial charge on any atom is 0.165 e. The van der Waals surface area contributed by atoms with Gasteiger partial charge in [-0.25, -0.2) is 9.37 Å². The zero-order valence-corrected chi connectivity index (χ0v) is 12.6. The van der Waals surface area contributed by atoms with Crippen molar-refractivity contribution in [2.75, 3.05) is 0 Å². The highest BCUT2D eigenvalue weighted by molar-refractivity contribution is 9.10. The Bertz CT molecular complexity index is 951.